The Labute approximate surface area is 158 Å². The fraction of sp³-hybridized carbons (Fsp3) is 0.188. The molecule has 1 heterocycles. The maximum Gasteiger partial charge on any atom is 0.346 e. The molecule has 0 saturated carbocycles. The number of ketones is 1. The van der Waals surface area contributed by atoms with E-state index in [2.05, 4.69) is 0 Å². The molecule has 0 aliphatic rings. The van der Waals surface area contributed by atoms with Gasteiger partial charge in [0.1, 0.15) is 10.9 Å². The van der Waals surface area contributed by atoms with Gasteiger partial charge in [-0.2, -0.15) is 8.42 Å². The van der Waals surface area contributed by atoms with Crippen LogP contribution >= 0.6 is 11.3 Å². The molecular formula is C16H17NO8S2. The van der Waals surface area contributed by atoms with Gasteiger partial charge in [-0.3, -0.25) is 14.1 Å². The summed E-state index contributed by atoms with van der Waals surface area (Å²) in [7, 11) is -4.10. The molecule has 0 aliphatic heterocycles. The summed E-state index contributed by atoms with van der Waals surface area (Å²) in [6.07, 6.45) is -0.284. The SMILES string of the molecule is N[C@H](CCS(=O)(=O)O)C(=O)O.O=C(c1ccccc1)c1ccsc1C(=O)O. The zero-order valence-corrected chi connectivity index (χ0v) is 15.4. The first-order valence-corrected chi connectivity index (χ1v) is 9.86. The third-order valence-corrected chi connectivity index (χ3v) is 4.80. The minimum absolute atomic E-state index is 0.0915. The van der Waals surface area contributed by atoms with Gasteiger partial charge in [0.25, 0.3) is 10.1 Å². The molecule has 0 radical (unpaired) electrons. The number of carbonyl (C=O) groups excluding carboxylic acids is 1. The molecule has 11 heteroatoms. The van der Waals surface area contributed by atoms with Crippen LogP contribution in [0.25, 0.3) is 0 Å². The minimum atomic E-state index is -4.10. The number of thiophene rings is 1. The van der Waals surface area contributed by atoms with E-state index >= 15 is 0 Å². The summed E-state index contributed by atoms with van der Waals surface area (Å²) in [6.45, 7) is 0. The molecule has 1 aromatic carbocycles. The molecule has 9 nitrogen and oxygen atoms in total. The second kappa shape index (κ2) is 9.92. The highest BCUT2D eigenvalue weighted by atomic mass is 32.2. The Morgan fingerprint density at radius 3 is 2.15 bits per heavy atom. The van der Waals surface area contributed by atoms with E-state index in [1.165, 1.54) is 0 Å². The molecule has 0 unspecified atom stereocenters. The maximum absolute atomic E-state index is 12.0. The van der Waals surface area contributed by atoms with Gasteiger partial charge in [0, 0.05) is 11.1 Å². The number of aromatic carboxylic acids is 1. The van der Waals surface area contributed by atoms with E-state index in [0.717, 1.165) is 11.3 Å². The lowest BCUT2D eigenvalue weighted by Gasteiger charge is -2.02. The van der Waals surface area contributed by atoms with Gasteiger partial charge in [0.15, 0.2) is 5.78 Å². The molecule has 1 aromatic heterocycles. The normalized spacial score (nSPS) is 11.8. The van der Waals surface area contributed by atoms with E-state index in [4.69, 9.17) is 20.5 Å². The van der Waals surface area contributed by atoms with Crippen LogP contribution in [0.4, 0.5) is 0 Å². The Bertz CT molecular complexity index is 906. The van der Waals surface area contributed by atoms with Crippen LogP contribution in [0.15, 0.2) is 41.8 Å². The Balaban J connectivity index is 0.000000293. The number of benzene rings is 1. The summed E-state index contributed by atoms with van der Waals surface area (Å²) in [5.41, 5.74) is 5.71. The molecule has 0 amide bonds. The van der Waals surface area contributed by atoms with E-state index < -0.39 is 33.9 Å². The summed E-state index contributed by atoms with van der Waals surface area (Å²) < 4.78 is 28.3. The summed E-state index contributed by atoms with van der Waals surface area (Å²) in [5.74, 6) is -3.22. The molecule has 0 saturated heterocycles. The van der Waals surface area contributed by atoms with Crippen molar-refractivity contribution in [2.45, 2.75) is 12.5 Å². The van der Waals surface area contributed by atoms with Crippen LogP contribution in [-0.2, 0) is 14.9 Å². The minimum Gasteiger partial charge on any atom is -0.480 e. The topological polar surface area (TPSA) is 172 Å². The summed E-state index contributed by atoms with van der Waals surface area (Å²) in [5, 5.41) is 18.7. The number of rotatable bonds is 7. The predicted octanol–water partition coefficient (Wildman–Crippen LogP) is 1.35. The van der Waals surface area contributed by atoms with Gasteiger partial charge in [-0.05, 0) is 17.9 Å². The first kappa shape index (κ1) is 22.4. The Morgan fingerprint density at radius 1 is 1.07 bits per heavy atom. The van der Waals surface area contributed by atoms with E-state index in [9.17, 15) is 22.8 Å². The molecule has 0 bridgehead atoms. The van der Waals surface area contributed by atoms with Gasteiger partial charge in [-0.1, -0.05) is 30.3 Å². The number of hydrogen-bond donors (Lipinski definition) is 4. The number of hydrogen-bond acceptors (Lipinski definition) is 7. The summed E-state index contributed by atoms with van der Waals surface area (Å²) in [6, 6.07) is 8.96. The van der Waals surface area contributed by atoms with Gasteiger partial charge < -0.3 is 15.9 Å². The molecule has 0 fully saturated rings. The van der Waals surface area contributed by atoms with Crippen molar-refractivity contribution < 1.29 is 37.6 Å². The Hall–Kier alpha value is -2.60. The smallest absolute Gasteiger partial charge is 0.346 e. The van der Waals surface area contributed by atoms with Crippen LogP contribution in [0.5, 0.6) is 0 Å². The molecule has 2 aromatic rings. The van der Waals surface area contributed by atoms with Gasteiger partial charge in [0.2, 0.25) is 0 Å². The first-order chi connectivity index (χ1) is 12.5. The van der Waals surface area contributed by atoms with Gasteiger partial charge in [-0.25, -0.2) is 4.79 Å². The molecule has 146 valence electrons. The number of carboxylic acids is 2. The van der Waals surface area contributed by atoms with Crippen LogP contribution < -0.4 is 5.73 Å². The highest BCUT2D eigenvalue weighted by Crippen LogP contribution is 2.20. The van der Waals surface area contributed by atoms with Crippen molar-refractivity contribution in [2.24, 2.45) is 5.73 Å². The first-order valence-electron chi connectivity index (χ1n) is 7.37. The second-order valence-electron chi connectivity index (χ2n) is 5.18. The summed E-state index contributed by atoms with van der Waals surface area (Å²) >= 11 is 1.06. The largest absolute Gasteiger partial charge is 0.480 e. The molecular weight excluding hydrogens is 398 g/mol. The predicted molar refractivity (Wildman–Crippen MR) is 97.8 cm³/mol. The standard InChI is InChI=1S/C12H8O3S.C4H9NO5S/c13-10(8-4-2-1-3-5-8)9-6-7-16-11(9)12(14)15;5-3(4(6)7)1-2-11(8,9)10/h1-7H,(H,14,15);3H,1-2,5H2,(H,6,7)(H,8,9,10)/t;3-/m.1/s1. The van der Waals surface area contributed by atoms with Crippen LogP contribution in [0, 0.1) is 0 Å². The van der Waals surface area contributed by atoms with Crippen LogP contribution in [-0.4, -0.2) is 52.7 Å². The summed E-state index contributed by atoms with van der Waals surface area (Å²) in [4.78, 5) is 33.0. The molecule has 5 N–H and O–H groups in total. The average Bonchev–Trinajstić information content (AvgIpc) is 3.09. The van der Waals surface area contributed by atoms with E-state index in [1.807, 2.05) is 6.07 Å². The van der Waals surface area contributed by atoms with Gasteiger partial charge in [-0.15, -0.1) is 11.3 Å². The lowest BCUT2D eigenvalue weighted by Crippen LogP contribution is -2.32. The average molecular weight is 415 g/mol. The highest BCUT2D eigenvalue weighted by molar-refractivity contribution is 7.85. The number of carboxylic acid groups (broad SMARTS) is 2. The van der Waals surface area contributed by atoms with Crippen LogP contribution in [0.3, 0.4) is 0 Å². The van der Waals surface area contributed by atoms with E-state index in [1.54, 1.807) is 35.7 Å². The van der Waals surface area contributed by atoms with Crippen molar-refractivity contribution in [3.8, 4) is 0 Å². The molecule has 0 spiro atoms. The van der Waals surface area contributed by atoms with Crippen molar-refractivity contribution in [3.63, 3.8) is 0 Å². The number of carbonyl (C=O) groups is 3. The van der Waals surface area contributed by atoms with Crippen LogP contribution in [0.1, 0.15) is 32.0 Å². The molecule has 2 rings (SSSR count). The van der Waals surface area contributed by atoms with Crippen molar-refractivity contribution in [1.82, 2.24) is 0 Å². The third kappa shape index (κ3) is 7.66. The molecule has 0 aliphatic carbocycles. The third-order valence-electron chi connectivity index (χ3n) is 3.14. The molecule has 27 heavy (non-hydrogen) atoms. The lowest BCUT2D eigenvalue weighted by atomic mass is 10.0. The van der Waals surface area contributed by atoms with Crippen molar-refractivity contribution in [1.29, 1.82) is 0 Å². The van der Waals surface area contributed by atoms with Gasteiger partial charge in [0.05, 0.1) is 5.75 Å². The fourth-order valence-corrected chi connectivity index (χ4v) is 3.08. The highest BCUT2D eigenvalue weighted by Gasteiger charge is 2.19. The Morgan fingerprint density at radius 2 is 1.67 bits per heavy atom. The number of nitrogens with two attached hydrogens (primary N) is 1. The second-order valence-corrected chi connectivity index (χ2v) is 7.67. The van der Waals surface area contributed by atoms with Crippen molar-refractivity contribution in [3.05, 3.63) is 57.8 Å². The quantitative estimate of drug-likeness (QED) is 0.384. The van der Waals surface area contributed by atoms with E-state index in [0.29, 0.717) is 5.56 Å². The maximum atomic E-state index is 12.0. The zero-order valence-electron chi connectivity index (χ0n) is 13.8. The zero-order chi connectivity index (χ0) is 20.6. The van der Waals surface area contributed by atoms with Crippen molar-refractivity contribution in [2.75, 3.05) is 5.75 Å². The Kier molecular flexibility index (Phi) is 8.25. The monoisotopic (exact) mass is 415 g/mol. The molecule has 1 atom stereocenters. The fourth-order valence-electron chi connectivity index (χ4n) is 1.80. The van der Waals surface area contributed by atoms with Crippen molar-refractivity contribution >= 4 is 39.2 Å². The number of aliphatic carboxylic acids is 1. The van der Waals surface area contributed by atoms with Crippen LogP contribution in [0.2, 0.25) is 0 Å². The van der Waals surface area contributed by atoms with E-state index in [-0.39, 0.29) is 22.6 Å². The lowest BCUT2D eigenvalue weighted by molar-refractivity contribution is -0.138. The van der Waals surface area contributed by atoms with Gasteiger partial charge >= 0.3 is 11.9 Å².